The van der Waals surface area contributed by atoms with Gasteiger partial charge in [0.25, 0.3) is 0 Å². The van der Waals surface area contributed by atoms with Crippen LogP contribution in [0.5, 0.6) is 0 Å². The minimum atomic E-state index is -0.185. The molecule has 4 rings (SSSR count). The van der Waals surface area contributed by atoms with Gasteiger partial charge in [0.05, 0.1) is 5.41 Å². The molecule has 2 atom stereocenters. The van der Waals surface area contributed by atoms with Crippen molar-refractivity contribution in [2.24, 2.45) is 11.3 Å². The summed E-state index contributed by atoms with van der Waals surface area (Å²) in [5.41, 5.74) is 2.08. The van der Waals surface area contributed by atoms with E-state index < -0.39 is 0 Å². The minimum Gasteiger partial charge on any atom is -0.326 e. The number of nitrogens with one attached hydrogen (secondary N) is 2. The fourth-order valence-corrected chi connectivity index (χ4v) is 5.16. The molecule has 30 heavy (non-hydrogen) atoms. The number of hydrogen-bond donors (Lipinski definition) is 2. The number of fused-ring (bicyclic) bond motifs is 1. The predicted molar refractivity (Wildman–Crippen MR) is 131 cm³/mol. The lowest BCUT2D eigenvalue weighted by Gasteiger charge is -2.37. The third-order valence-corrected chi connectivity index (χ3v) is 7.02. The summed E-state index contributed by atoms with van der Waals surface area (Å²) in [6.07, 6.45) is 4.65. The van der Waals surface area contributed by atoms with Crippen LogP contribution in [0.4, 0.5) is 5.69 Å². The zero-order valence-corrected chi connectivity index (χ0v) is 20.3. The first-order chi connectivity index (χ1) is 13.2. The van der Waals surface area contributed by atoms with Gasteiger partial charge in [0, 0.05) is 45.0 Å². The van der Waals surface area contributed by atoms with E-state index in [-0.39, 0.29) is 48.5 Å². The van der Waals surface area contributed by atoms with E-state index in [4.69, 9.17) is 0 Å². The SMILES string of the molecule is CCN1CCN(Cc2ccc(NC(=O)[C@@]34CCCC[C@H]3CNC4)cc2)CC1.Cl.Cl.Cl. The molecule has 1 aromatic rings. The van der Waals surface area contributed by atoms with Gasteiger partial charge in [-0.3, -0.25) is 9.69 Å². The van der Waals surface area contributed by atoms with E-state index in [9.17, 15) is 4.79 Å². The van der Waals surface area contributed by atoms with Gasteiger partial charge in [0.1, 0.15) is 0 Å². The van der Waals surface area contributed by atoms with Gasteiger partial charge in [-0.2, -0.15) is 0 Å². The summed E-state index contributed by atoms with van der Waals surface area (Å²) in [4.78, 5) is 18.1. The Morgan fingerprint density at radius 2 is 1.73 bits per heavy atom. The molecule has 3 aliphatic rings. The monoisotopic (exact) mass is 478 g/mol. The summed E-state index contributed by atoms with van der Waals surface area (Å²) < 4.78 is 0. The molecule has 2 heterocycles. The molecule has 0 spiro atoms. The first-order valence-corrected chi connectivity index (χ1v) is 10.8. The van der Waals surface area contributed by atoms with Crippen LogP contribution in [0.25, 0.3) is 0 Å². The first-order valence-electron chi connectivity index (χ1n) is 10.8. The zero-order valence-electron chi connectivity index (χ0n) is 17.9. The Kier molecular flexibility index (Phi) is 11.4. The van der Waals surface area contributed by atoms with Crippen LogP contribution in [-0.4, -0.2) is 61.5 Å². The molecule has 0 aromatic heterocycles. The average molecular weight is 480 g/mol. The van der Waals surface area contributed by atoms with Gasteiger partial charge < -0.3 is 15.5 Å². The highest BCUT2D eigenvalue weighted by molar-refractivity contribution is 5.96. The normalized spacial score (nSPS) is 26.5. The van der Waals surface area contributed by atoms with E-state index in [1.807, 2.05) is 0 Å². The van der Waals surface area contributed by atoms with Crippen molar-refractivity contribution in [1.29, 1.82) is 0 Å². The van der Waals surface area contributed by atoms with Crippen molar-refractivity contribution in [3.63, 3.8) is 0 Å². The molecular formula is C22H37Cl3N4O. The number of hydrogen-bond acceptors (Lipinski definition) is 4. The van der Waals surface area contributed by atoms with Crippen molar-refractivity contribution < 1.29 is 4.79 Å². The molecule has 5 nitrogen and oxygen atoms in total. The van der Waals surface area contributed by atoms with Crippen LogP contribution in [0.15, 0.2) is 24.3 Å². The molecule has 8 heteroatoms. The summed E-state index contributed by atoms with van der Waals surface area (Å²) in [5, 5.41) is 6.68. The highest BCUT2D eigenvalue weighted by atomic mass is 35.5. The molecule has 1 amide bonds. The lowest BCUT2D eigenvalue weighted by Crippen LogP contribution is -2.45. The van der Waals surface area contributed by atoms with Gasteiger partial charge in [-0.25, -0.2) is 0 Å². The molecule has 0 bridgehead atoms. The number of amides is 1. The molecule has 1 aromatic carbocycles. The maximum absolute atomic E-state index is 13.1. The summed E-state index contributed by atoms with van der Waals surface area (Å²) in [7, 11) is 0. The zero-order chi connectivity index (χ0) is 18.7. The van der Waals surface area contributed by atoms with Crippen molar-refractivity contribution in [3.05, 3.63) is 29.8 Å². The average Bonchev–Trinajstić information content (AvgIpc) is 3.15. The van der Waals surface area contributed by atoms with Gasteiger partial charge in [-0.05, 0) is 49.5 Å². The van der Waals surface area contributed by atoms with Crippen molar-refractivity contribution in [1.82, 2.24) is 15.1 Å². The lowest BCUT2D eigenvalue weighted by atomic mass is 9.67. The van der Waals surface area contributed by atoms with Gasteiger partial charge >= 0.3 is 0 Å². The topological polar surface area (TPSA) is 47.6 Å². The van der Waals surface area contributed by atoms with Crippen LogP contribution in [0, 0.1) is 11.3 Å². The Morgan fingerprint density at radius 1 is 1.07 bits per heavy atom. The summed E-state index contributed by atoms with van der Waals surface area (Å²) in [6.45, 7) is 10.8. The van der Waals surface area contributed by atoms with E-state index in [2.05, 4.69) is 51.6 Å². The van der Waals surface area contributed by atoms with Crippen molar-refractivity contribution in [2.75, 3.05) is 51.1 Å². The van der Waals surface area contributed by atoms with Crippen molar-refractivity contribution in [2.45, 2.75) is 39.2 Å². The Balaban J connectivity index is 0.00000150. The molecule has 1 aliphatic carbocycles. The van der Waals surface area contributed by atoms with Crippen molar-refractivity contribution >= 4 is 48.8 Å². The van der Waals surface area contributed by atoms with Crippen LogP contribution in [0.3, 0.4) is 0 Å². The molecule has 0 radical (unpaired) electrons. The largest absolute Gasteiger partial charge is 0.326 e. The lowest BCUT2D eigenvalue weighted by molar-refractivity contribution is -0.128. The molecule has 2 N–H and O–H groups in total. The Hall–Kier alpha value is -0.560. The number of piperazine rings is 1. The van der Waals surface area contributed by atoms with E-state index in [1.54, 1.807) is 0 Å². The van der Waals surface area contributed by atoms with Crippen LogP contribution in [0.2, 0.25) is 0 Å². The van der Waals surface area contributed by atoms with E-state index in [0.29, 0.717) is 5.92 Å². The molecule has 2 aliphatic heterocycles. The fourth-order valence-electron chi connectivity index (χ4n) is 5.16. The number of rotatable bonds is 5. The number of nitrogens with zero attached hydrogens (tertiary/aromatic N) is 2. The van der Waals surface area contributed by atoms with Crippen LogP contribution >= 0.6 is 37.2 Å². The number of benzene rings is 1. The maximum atomic E-state index is 13.1. The smallest absolute Gasteiger partial charge is 0.232 e. The number of anilines is 1. The van der Waals surface area contributed by atoms with Crippen LogP contribution in [0.1, 0.15) is 38.2 Å². The number of carbonyl (C=O) groups is 1. The van der Waals surface area contributed by atoms with Gasteiger partial charge in [0.15, 0.2) is 0 Å². The van der Waals surface area contributed by atoms with E-state index >= 15 is 0 Å². The predicted octanol–water partition coefficient (Wildman–Crippen LogP) is 3.81. The second-order valence-corrected chi connectivity index (χ2v) is 8.59. The standard InChI is InChI=1S/C22H34N4O.3ClH/c1-2-25-11-13-26(14-12-25)16-18-6-8-20(9-7-18)24-21(27)22-10-4-3-5-19(22)15-23-17-22;;;/h6-9,19,23H,2-5,10-17H2,1H3,(H,24,27);3*1H/t19-,22+;;;/m0.../s1. The summed E-state index contributed by atoms with van der Waals surface area (Å²) in [5.74, 6) is 0.730. The quantitative estimate of drug-likeness (QED) is 0.674. The first kappa shape index (κ1) is 27.5. The van der Waals surface area contributed by atoms with Gasteiger partial charge in [0.2, 0.25) is 5.91 Å². The molecule has 172 valence electrons. The molecule has 2 saturated heterocycles. The fraction of sp³-hybridized carbons (Fsp3) is 0.682. The molecule has 3 fully saturated rings. The second-order valence-electron chi connectivity index (χ2n) is 8.59. The summed E-state index contributed by atoms with van der Waals surface area (Å²) in [6, 6.07) is 8.49. The number of carbonyl (C=O) groups excluding carboxylic acids is 1. The molecule has 0 unspecified atom stereocenters. The van der Waals surface area contributed by atoms with E-state index in [1.165, 1.54) is 37.9 Å². The van der Waals surface area contributed by atoms with E-state index in [0.717, 1.165) is 51.4 Å². The highest BCUT2D eigenvalue weighted by Gasteiger charge is 2.49. The second kappa shape index (κ2) is 12.5. The van der Waals surface area contributed by atoms with Crippen molar-refractivity contribution in [3.8, 4) is 0 Å². The van der Waals surface area contributed by atoms with Crippen LogP contribution in [-0.2, 0) is 11.3 Å². The summed E-state index contributed by atoms with van der Waals surface area (Å²) >= 11 is 0. The van der Waals surface area contributed by atoms with Gasteiger partial charge in [-0.15, -0.1) is 37.2 Å². The van der Waals surface area contributed by atoms with Gasteiger partial charge in [-0.1, -0.05) is 31.9 Å². The molecule has 1 saturated carbocycles. The maximum Gasteiger partial charge on any atom is 0.232 e. The number of halogens is 3. The Labute approximate surface area is 199 Å². The highest BCUT2D eigenvalue weighted by Crippen LogP contribution is 2.44. The third kappa shape index (κ3) is 6.02. The Bertz CT molecular complexity index is 652. The third-order valence-electron chi connectivity index (χ3n) is 7.02. The minimum absolute atomic E-state index is 0. The Morgan fingerprint density at radius 3 is 2.40 bits per heavy atom. The van der Waals surface area contributed by atoms with Crippen LogP contribution < -0.4 is 10.6 Å². The number of likely N-dealkylation sites (N-methyl/N-ethyl adjacent to an activating group) is 1. The molecular weight excluding hydrogens is 443 g/mol.